The van der Waals surface area contributed by atoms with Gasteiger partial charge in [0.1, 0.15) is 15.5 Å². The van der Waals surface area contributed by atoms with Crippen molar-refractivity contribution < 1.29 is 13.2 Å². The number of pyridine rings is 1. The molecule has 0 aliphatic heterocycles. The summed E-state index contributed by atoms with van der Waals surface area (Å²) in [6.45, 7) is 1.79. The van der Waals surface area contributed by atoms with Crippen molar-refractivity contribution in [1.29, 1.82) is 0 Å². The number of fused-ring (bicyclic) bond motifs is 1. The number of rotatable bonds is 5. The largest absolute Gasteiger partial charge is 0.331 e. The summed E-state index contributed by atoms with van der Waals surface area (Å²) < 4.78 is 23.1. The molecule has 0 saturated heterocycles. The third-order valence-corrected chi connectivity index (χ3v) is 5.10. The van der Waals surface area contributed by atoms with Crippen molar-refractivity contribution in [1.82, 2.24) is 9.88 Å². The van der Waals surface area contributed by atoms with E-state index in [0.717, 1.165) is 23.7 Å². The normalized spacial score (nSPS) is 16.3. The Kier molecular flexibility index (Phi) is 4.10. The van der Waals surface area contributed by atoms with Crippen LogP contribution in [0.2, 0.25) is 0 Å². The van der Waals surface area contributed by atoms with Crippen LogP contribution in [0.1, 0.15) is 30.3 Å². The number of nitrogens with zero attached hydrogens (tertiary/aromatic N) is 2. The fourth-order valence-corrected chi connectivity index (χ4v) is 3.95. The van der Waals surface area contributed by atoms with E-state index in [4.69, 9.17) is 0 Å². The maximum Gasteiger partial charge on any atom is 0.272 e. The summed E-state index contributed by atoms with van der Waals surface area (Å²) in [5.41, 5.74) is 1.14. The van der Waals surface area contributed by atoms with Crippen LogP contribution in [0.15, 0.2) is 36.4 Å². The van der Waals surface area contributed by atoms with E-state index < -0.39 is 9.84 Å². The number of hydrogen-bond donors (Lipinski definition) is 0. The minimum absolute atomic E-state index is 0.0250. The Labute approximate surface area is 136 Å². The predicted molar refractivity (Wildman–Crippen MR) is 90.1 cm³/mol. The summed E-state index contributed by atoms with van der Waals surface area (Å²) >= 11 is 0. The van der Waals surface area contributed by atoms with Gasteiger partial charge in [-0.3, -0.25) is 4.79 Å². The molecule has 1 amide bonds. The van der Waals surface area contributed by atoms with Crippen molar-refractivity contribution in [3.63, 3.8) is 0 Å². The molecule has 122 valence electrons. The molecule has 5 nitrogen and oxygen atoms in total. The highest BCUT2D eigenvalue weighted by atomic mass is 32.2. The SMILES string of the molecule is CC(CS(C)(=O)=O)N(C(=O)c1ccc2ccccc2n1)C1CC1. The van der Waals surface area contributed by atoms with Gasteiger partial charge >= 0.3 is 0 Å². The van der Waals surface area contributed by atoms with Crippen LogP contribution in [0, 0.1) is 0 Å². The molecule has 1 saturated carbocycles. The van der Waals surface area contributed by atoms with E-state index >= 15 is 0 Å². The summed E-state index contributed by atoms with van der Waals surface area (Å²) in [6.07, 6.45) is 3.05. The van der Waals surface area contributed by atoms with Crippen molar-refractivity contribution in [2.45, 2.75) is 31.8 Å². The highest BCUT2D eigenvalue weighted by Gasteiger charge is 2.37. The maximum absolute atomic E-state index is 12.9. The molecule has 0 bridgehead atoms. The topological polar surface area (TPSA) is 67.3 Å². The van der Waals surface area contributed by atoms with Gasteiger partial charge in [-0.2, -0.15) is 0 Å². The number of carbonyl (C=O) groups is 1. The van der Waals surface area contributed by atoms with Crippen molar-refractivity contribution in [3.05, 3.63) is 42.1 Å². The van der Waals surface area contributed by atoms with Crippen LogP contribution in [0.3, 0.4) is 0 Å². The molecule has 0 spiro atoms. The smallest absolute Gasteiger partial charge is 0.272 e. The minimum Gasteiger partial charge on any atom is -0.331 e. The Bertz CT molecular complexity index is 844. The molecule has 3 rings (SSSR count). The lowest BCUT2D eigenvalue weighted by Crippen LogP contribution is -2.44. The third-order valence-electron chi connectivity index (χ3n) is 4.01. The molecule has 1 aliphatic rings. The van der Waals surface area contributed by atoms with Crippen molar-refractivity contribution in [2.24, 2.45) is 0 Å². The van der Waals surface area contributed by atoms with E-state index in [1.54, 1.807) is 17.9 Å². The van der Waals surface area contributed by atoms with Crippen LogP contribution in [-0.4, -0.2) is 48.3 Å². The minimum atomic E-state index is -3.14. The van der Waals surface area contributed by atoms with Crippen molar-refractivity contribution >= 4 is 26.6 Å². The van der Waals surface area contributed by atoms with Gasteiger partial charge in [-0.25, -0.2) is 13.4 Å². The Balaban J connectivity index is 1.90. The van der Waals surface area contributed by atoms with Crippen LogP contribution in [0.4, 0.5) is 0 Å². The number of sulfone groups is 1. The molecule has 1 aromatic heterocycles. The second kappa shape index (κ2) is 5.92. The van der Waals surface area contributed by atoms with Gasteiger partial charge < -0.3 is 4.90 Å². The zero-order chi connectivity index (χ0) is 16.6. The third kappa shape index (κ3) is 3.69. The molecule has 23 heavy (non-hydrogen) atoms. The van der Waals surface area contributed by atoms with E-state index in [-0.39, 0.29) is 23.7 Å². The first kappa shape index (κ1) is 15.9. The Morgan fingerprint density at radius 1 is 1.26 bits per heavy atom. The van der Waals surface area contributed by atoms with Gasteiger partial charge in [0.15, 0.2) is 0 Å². The van der Waals surface area contributed by atoms with Gasteiger partial charge in [-0.15, -0.1) is 0 Å². The molecule has 0 N–H and O–H groups in total. The first-order valence-corrected chi connectivity index (χ1v) is 9.77. The quantitative estimate of drug-likeness (QED) is 0.842. The lowest BCUT2D eigenvalue weighted by atomic mass is 10.2. The summed E-state index contributed by atoms with van der Waals surface area (Å²) in [5.74, 6) is -0.211. The second-order valence-electron chi connectivity index (χ2n) is 6.27. The number of hydrogen-bond acceptors (Lipinski definition) is 4. The molecule has 6 heteroatoms. The fourth-order valence-electron chi connectivity index (χ4n) is 2.91. The first-order chi connectivity index (χ1) is 10.8. The van der Waals surface area contributed by atoms with Gasteiger partial charge in [0, 0.05) is 23.7 Å². The molecule has 1 aromatic carbocycles. The molecule has 1 atom stereocenters. The molecule has 1 aliphatic carbocycles. The zero-order valence-electron chi connectivity index (χ0n) is 13.3. The van der Waals surface area contributed by atoms with Crippen LogP contribution >= 0.6 is 0 Å². The van der Waals surface area contributed by atoms with Gasteiger partial charge in [0.05, 0.1) is 11.3 Å². The molecule has 1 fully saturated rings. The van der Waals surface area contributed by atoms with Crippen molar-refractivity contribution in [2.75, 3.05) is 12.0 Å². The Hall–Kier alpha value is -1.95. The molecule has 2 aromatic rings. The summed E-state index contributed by atoms with van der Waals surface area (Å²) in [5, 5.41) is 0.978. The molecule has 1 heterocycles. The zero-order valence-corrected chi connectivity index (χ0v) is 14.1. The van der Waals surface area contributed by atoms with Crippen LogP contribution < -0.4 is 0 Å². The second-order valence-corrected chi connectivity index (χ2v) is 8.46. The monoisotopic (exact) mass is 332 g/mol. The van der Waals surface area contributed by atoms with Crippen LogP contribution in [-0.2, 0) is 9.84 Å². The highest BCUT2D eigenvalue weighted by Crippen LogP contribution is 2.30. The Morgan fingerprint density at radius 2 is 1.96 bits per heavy atom. The Morgan fingerprint density at radius 3 is 2.61 bits per heavy atom. The van der Waals surface area contributed by atoms with Gasteiger partial charge in [0.2, 0.25) is 0 Å². The lowest BCUT2D eigenvalue weighted by molar-refractivity contribution is 0.0687. The van der Waals surface area contributed by atoms with Gasteiger partial charge in [0.25, 0.3) is 5.91 Å². The number of para-hydroxylation sites is 1. The fraction of sp³-hybridized carbons (Fsp3) is 0.412. The van der Waals surface area contributed by atoms with E-state index in [0.29, 0.717) is 5.69 Å². The number of carbonyl (C=O) groups excluding carboxylic acids is 1. The predicted octanol–water partition coefficient (Wildman–Crippen LogP) is 2.27. The van der Waals surface area contributed by atoms with Crippen LogP contribution in [0.5, 0.6) is 0 Å². The average Bonchev–Trinajstić information content (AvgIpc) is 3.29. The molecular formula is C17H20N2O3S. The van der Waals surface area contributed by atoms with Gasteiger partial charge in [-0.05, 0) is 31.9 Å². The number of amides is 1. The summed E-state index contributed by atoms with van der Waals surface area (Å²) in [7, 11) is -3.14. The van der Waals surface area contributed by atoms with Crippen molar-refractivity contribution in [3.8, 4) is 0 Å². The first-order valence-electron chi connectivity index (χ1n) is 7.71. The lowest BCUT2D eigenvalue weighted by Gasteiger charge is -2.28. The van der Waals surface area contributed by atoms with E-state index in [1.165, 1.54) is 6.26 Å². The molecular weight excluding hydrogens is 312 g/mol. The van der Waals surface area contributed by atoms with Gasteiger partial charge in [-0.1, -0.05) is 24.3 Å². The van der Waals surface area contributed by atoms with E-state index in [1.807, 2.05) is 30.3 Å². The maximum atomic E-state index is 12.9. The van der Waals surface area contributed by atoms with Crippen LogP contribution in [0.25, 0.3) is 10.9 Å². The average molecular weight is 332 g/mol. The highest BCUT2D eigenvalue weighted by molar-refractivity contribution is 7.90. The summed E-state index contributed by atoms with van der Waals surface area (Å²) in [6, 6.07) is 11.0. The standard InChI is InChI=1S/C17H20N2O3S/c1-12(11-23(2,21)22)19(14-8-9-14)17(20)16-10-7-13-5-3-4-6-15(13)18-16/h3-7,10,12,14H,8-9,11H2,1-2H3. The van der Waals surface area contributed by atoms with E-state index in [9.17, 15) is 13.2 Å². The molecule has 0 radical (unpaired) electrons. The number of benzene rings is 1. The number of aromatic nitrogens is 1. The summed E-state index contributed by atoms with van der Waals surface area (Å²) in [4.78, 5) is 19.0. The molecule has 1 unspecified atom stereocenters. The van der Waals surface area contributed by atoms with E-state index in [2.05, 4.69) is 4.98 Å².